The monoisotopic (exact) mass is 345 g/mol. The maximum Gasteiger partial charge on any atom is 0.272 e. The molecule has 0 aliphatic rings. The van der Waals surface area contributed by atoms with Gasteiger partial charge in [-0.2, -0.15) is 0 Å². The second kappa shape index (κ2) is 6.55. The molecule has 23 heavy (non-hydrogen) atoms. The topological polar surface area (TPSA) is 78.0 Å². The summed E-state index contributed by atoms with van der Waals surface area (Å²) in [4.78, 5) is 28.1. The minimum atomic E-state index is -0.436. The zero-order valence-electron chi connectivity index (χ0n) is 12.5. The maximum absolute atomic E-state index is 12.4. The van der Waals surface area contributed by atoms with Crippen molar-refractivity contribution in [1.82, 2.24) is 9.55 Å². The second-order valence-corrected chi connectivity index (χ2v) is 6.79. The fourth-order valence-electron chi connectivity index (χ4n) is 2.23. The van der Waals surface area contributed by atoms with Crippen LogP contribution in [-0.2, 0) is 12.3 Å². The van der Waals surface area contributed by atoms with Gasteiger partial charge in [-0.1, -0.05) is 23.9 Å². The van der Waals surface area contributed by atoms with E-state index in [9.17, 15) is 9.59 Å². The number of fused-ring (bicyclic) bond motifs is 1. The molecule has 1 aromatic carbocycles. The zero-order valence-corrected chi connectivity index (χ0v) is 14.1. The van der Waals surface area contributed by atoms with Crippen molar-refractivity contribution in [2.75, 3.05) is 0 Å². The number of primary amides is 1. The summed E-state index contributed by atoms with van der Waals surface area (Å²) in [6.07, 6.45) is 0. The molecule has 2 N–H and O–H groups in total. The van der Waals surface area contributed by atoms with E-state index >= 15 is 0 Å². The predicted octanol–water partition coefficient (Wildman–Crippen LogP) is 2.87. The van der Waals surface area contributed by atoms with Gasteiger partial charge in [-0.25, -0.2) is 4.98 Å². The molecule has 0 aliphatic carbocycles. The van der Waals surface area contributed by atoms with Crippen LogP contribution in [0.15, 0.2) is 45.7 Å². The average Bonchev–Trinajstić information content (AvgIpc) is 3.02. The molecule has 3 aromatic rings. The fourth-order valence-corrected chi connectivity index (χ4v) is 4.02. The van der Waals surface area contributed by atoms with E-state index in [-0.39, 0.29) is 5.56 Å². The van der Waals surface area contributed by atoms with Crippen molar-refractivity contribution in [1.29, 1.82) is 0 Å². The highest BCUT2D eigenvalue weighted by Gasteiger charge is 2.11. The third kappa shape index (κ3) is 3.16. The van der Waals surface area contributed by atoms with Crippen LogP contribution in [0.25, 0.3) is 10.2 Å². The Morgan fingerprint density at radius 1 is 1.30 bits per heavy atom. The van der Waals surface area contributed by atoms with Gasteiger partial charge in [0.1, 0.15) is 4.70 Å². The summed E-state index contributed by atoms with van der Waals surface area (Å²) in [6, 6.07) is 9.02. The number of carbonyl (C=O) groups excluding carboxylic acids is 1. The number of amides is 1. The number of hydrogen-bond donors (Lipinski definition) is 1. The van der Waals surface area contributed by atoms with E-state index in [4.69, 9.17) is 5.73 Å². The number of hydrogen-bond acceptors (Lipinski definition) is 5. The van der Waals surface area contributed by atoms with E-state index in [2.05, 4.69) is 4.98 Å². The first kappa shape index (κ1) is 15.8. The van der Waals surface area contributed by atoms with Crippen molar-refractivity contribution < 1.29 is 4.79 Å². The SMILES string of the molecule is CCn1c(SCc2ccc(C(N)=O)cc2)nc2ccsc2c1=O. The minimum absolute atomic E-state index is 0.0130. The predicted molar refractivity (Wildman–Crippen MR) is 94.1 cm³/mol. The molecular formula is C16H15N3O2S2. The lowest BCUT2D eigenvalue weighted by Gasteiger charge is -2.09. The van der Waals surface area contributed by atoms with Crippen LogP contribution >= 0.6 is 23.1 Å². The summed E-state index contributed by atoms with van der Waals surface area (Å²) in [5, 5.41) is 2.60. The summed E-state index contributed by atoms with van der Waals surface area (Å²) in [7, 11) is 0. The van der Waals surface area contributed by atoms with Crippen molar-refractivity contribution in [2.45, 2.75) is 24.4 Å². The molecule has 0 radical (unpaired) electrons. The Morgan fingerprint density at radius 2 is 2.04 bits per heavy atom. The van der Waals surface area contributed by atoms with Crippen molar-refractivity contribution >= 4 is 39.2 Å². The van der Waals surface area contributed by atoms with Gasteiger partial charge < -0.3 is 5.73 Å². The van der Waals surface area contributed by atoms with E-state index in [1.54, 1.807) is 16.7 Å². The van der Waals surface area contributed by atoms with Gasteiger partial charge in [0.2, 0.25) is 5.91 Å². The lowest BCUT2D eigenvalue weighted by molar-refractivity contribution is 0.100. The van der Waals surface area contributed by atoms with Crippen LogP contribution in [0.2, 0.25) is 0 Å². The summed E-state index contributed by atoms with van der Waals surface area (Å²) >= 11 is 2.93. The molecule has 118 valence electrons. The van der Waals surface area contributed by atoms with Crippen molar-refractivity contribution in [3.05, 3.63) is 57.2 Å². The number of thiophene rings is 1. The van der Waals surface area contributed by atoms with E-state index in [0.717, 1.165) is 11.1 Å². The molecule has 0 fully saturated rings. The summed E-state index contributed by atoms with van der Waals surface area (Å²) < 4.78 is 2.39. The number of rotatable bonds is 5. The quantitative estimate of drug-likeness (QED) is 0.570. The van der Waals surface area contributed by atoms with Crippen LogP contribution in [0.3, 0.4) is 0 Å². The molecule has 0 unspecified atom stereocenters. The van der Waals surface area contributed by atoms with Crippen molar-refractivity contribution in [3.8, 4) is 0 Å². The first-order valence-electron chi connectivity index (χ1n) is 7.09. The van der Waals surface area contributed by atoms with Gasteiger partial charge in [0.05, 0.1) is 5.52 Å². The number of benzene rings is 1. The summed E-state index contributed by atoms with van der Waals surface area (Å²) in [5.41, 5.74) is 7.53. The number of nitrogens with zero attached hydrogens (tertiary/aromatic N) is 2. The summed E-state index contributed by atoms with van der Waals surface area (Å²) in [6.45, 7) is 2.52. The molecule has 0 saturated heterocycles. The average molecular weight is 345 g/mol. The van der Waals surface area contributed by atoms with Crippen molar-refractivity contribution in [3.63, 3.8) is 0 Å². The lowest BCUT2D eigenvalue weighted by Crippen LogP contribution is -2.21. The maximum atomic E-state index is 12.4. The highest BCUT2D eigenvalue weighted by molar-refractivity contribution is 7.98. The summed E-state index contributed by atoms with van der Waals surface area (Å²) in [5.74, 6) is 0.231. The van der Waals surface area contributed by atoms with Crippen LogP contribution in [-0.4, -0.2) is 15.5 Å². The largest absolute Gasteiger partial charge is 0.366 e. The Kier molecular flexibility index (Phi) is 4.49. The molecule has 0 saturated carbocycles. The standard InChI is InChI=1S/C16H15N3O2S2/c1-2-19-15(21)13-12(7-8-22-13)18-16(19)23-9-10-3-5-11(6-4-10)14(17)20/h3-8H,2,9H2,1H3,(H2,17,20). The first-order valence-corrected chi connectivity index (χ1v) is 8.96. The number of aromatic nitrogens is 2. The van der Waals surface area contributed by atoms with E-state index in [1.807, 2.05) is 30.5 Å². The van der Waals surface area contributed by atoms with Crippen LogP contribution in [0.4, 0.5) is 0 Å². The van der Waals surface area contributed by atoms with Gasteiger partial charge in [0.15, 0.2) is 5.16 Å². The molecule has 0 bridgehead atoms. The number of thioether (sulfide) groups is 1. The lowest BCUT2D eigenvalue weighted by atomic mass is 10.1. The van der Waals surface area contributed by atoms with Crippen LogP contribution in [0, 0.1) is 0 Å². The first-order chi connectivity index (χ1) is 11.1. The Hall–Kier alpha value is -2.12. The minimum Gasteiger partial charge on any atom is -0.366 e. The van der Waals surface area contributed by atoms with Crippen LogP contribution in [0.5, 0.6) is 0 Å². The normalized spacial score (nSPS) is 11.0. The smallest absolute Gasteiger partial charge is 0.272 e. The molecule has 0 spiro atoms. The second-order valence-electron chi connectivity index (χ2n) is 4.93. The molecule has 2 aromatic heterocycles. The van der Waals surface area contributed by atoms with Crippen molar-refractivity contribution in [2.24, 2.45) is 5.73 Å². The van der Waals surface area contributed by atoms with Gasteiger partial charge >= 0.3 is 0 Å². The van der Waals surface area contributed by atoms with E-state index in [0.29, 0.717) is 27.7 Å². The highest BCUT2D eigenvalue weighted by atomic mass is 32.2. The van der Waals surface area contributed by atoms with E-state index in [1.165, 1.54) is 23.1 Å². The zero-order chi connectivity index (χ0) is 16.4. The molecule has 3 rings (SSSR count). The molecule has 2 heterocycles. The van der Waals surface area contributed by atoms with Gasteiger partial charge in [0.25, 0.3) is 5.56 Å². The Labute approximate surface area is 141 Å². The Morgan fingerprint density at radius 3 is 2.70 bits per heavy atom. The molecule has 1 amide bonds. The highest BCUT2D eigenvalue weighted by Crippen LogP contribution is 2.24. The molecule has 0 atom stereocenters. The molecule has 7 heteroatoms. The number of carbonyl (C=O) groups is 1. The van der Waals surface area contributed by atoms with Gasteiger partial charge in [0, 0.05) is 17.9 Å². The Bertz CT molecular complexity index is 913. The van der Waals surface area contributed by atoms with Crippen LogP contribution < -0.4 is 11.3 Å². The van der Waals surface area contributed by atoms with Gasteiger partial charge in [-0.3, -0.25) is 14.2 Å². The molecule has 0 aliphatic heterocycles. The third-order valence-corrected chi connectivity index (χ3v) is 5.39. The van der Waals surface area contributed by atoms with Gasteiger partial charge in [-0.15, -0.1) is 11.3 Å². The molecule has 5 nitrogen and oxygen atoms in total. The van der Waals surface area contributed by atoms with Crippen LogP contribution in [0.1, 0.15) is 22.8 Å². The fraction of sp³-hybridized carbons (Fsp3) is 0.188. The van der Waals surface area contributed by atoms with E-state index < -0.39 is 5.91 Å². The van der Waals surface area contributed by atoms with Gasteiger partial charge in [-0.05, 0) is 36.1 Å². The number of nitrogens with two attached hydrogens (primary N) is 1. The third-order valence-electron chi connectivity index (χ3n) is 3.45. The Balaban J connectivity index is 1.86. The molecular weight excluding hydrogens is 330 g/mol.